The van der Waals surface area contributed by atoms with E-state index in [4.69, 9.17) is 0 Å². The summed E-state index contributed by atoms with van der Waals surface area (Å²) < 4.78 is 0. The Balaban J connectivity index is 1.53. The van der Waals surface area contributed by atoms with Crippen LogP contribution in [-0.2, 0) is 9.59 Å². The van der Waals surface area contributed by atoms with Gasteiger partial charge in [-0.2, -0.15) is 5.10 Å². The van der Waals surface area contributed by atoms with Crippen LogP contribution in [0.2, 0.25) is 0 Å². The van der Waals surface area contributed by atoms with Gasteiger partial charge in [0.1, 0.15) is 5.25 Å². The molecule has 0 radical (unpaired) electrons. The minimum Gasteiger partial charge on any atom is -0.326 e. The van der Waals surface area contributed by atoms with Gasteiger partial charge in [0.25, 0.3) is 0 Å². The standard InChI is InChI=1S/C27H26N4O2S/c1-18-9-11-21(12-10-18)17-28-30-27-31(23-7-5-4-6-8-23)26(33)24(34-27)16-25(32)29-22-14-19(2)13-20(3)15-22/h4-15,17,24H,16H2,1-3H3,(H,29,32)/b28-17+,30-27-. The maximum atomic E-state index is 13.3. The van der Waals surface area contributed by atoms with Crippen LogP contribution in [0, 0.1) is 20.8 Å². The maximum absolute atomic E-state index is 13.3. The van der Waals surface area contributed by atoms with Crippen molar-refractivity contribution in [3.63, 3.8) is 0 Å². The predicted octanol–water partition coefficient (Wildman–Crippen LogP) is 5.48. The van der Waals surface area contributed by atoms with Crippen molar-refractivity contribution in [1.29, 1.82) is 0 Å². The first-order valence-corrected chi connectivity index (χ1v) is 11.9. The third-order valence-electron chi connectivity index (χ3n) is 5.25. The highest BCUT2D eigenvalue weighted by Crippen LogP contribution is 2.34. The zero-order valence-electron chi connectivity index (χ0n) is 19.4. The molecule has 1 aliphatic heterocycles. The van der Waals surface area contributed by atoms with E-state index in [1.807, 2.05) is 93.6 Å². The second-order valence-electron chi connectivity index (χ2n) is 8.28. The first-order chi connectivity index (χ1) is 16.4. The average Bonchev–Trinajstić information content (AvgIpc) is 3.09. The molecule has 1 atom stereocenters. The molecule has 172 valence electrons. The van der Waals surface area contributed by atoms with Gasteiger partial charge in [-0.05, 0) is 61.7 Å². The molecule has 1 unspecified atom stereocenters. The van der Waals surface area contributed by atoms with Gasteiger partial charge in [0, 0.05) is 12.1 Å². The number of hydrogen-bond donors (Lipinski definition) is 1. The van der Waals surface area contributed by atoms with Crippen molar-refractivity contribution in [3.8, 4) is 0 Å². The fourth-order valence-electron chi connectivity index (χ4n) is 3.71. The summed E-state index contributed by atoms with van der Waals surface area (Å²) in [4.78, 5) is 27.6. The Morgan fingerprint density at radius 3 is 2.32 bits per heavy atom. The zero-order chi connectivity index (χ0) is 24.1. The van der Waals surface area contributed by atoms with Gasteiger partial charge in [0.05, 0.1) is 11.9 Å². The van der Waals surface area contributed by atoms with Gasteiger partial charge in [0.2, 0.25) is 11.8 Å². The Kier molecular flexibility index (Phi) is 7.23. The number of amidine groups is 1. The van der Waals surface area contributed by atoms with Crippen LogP contribution in [0.15, 0.2) is 83.0 Å². The summed E-state index contributed by atoms with van der Waals surface area (Å²) in [6.07, 6.45) is 1.70. The minimum absolute atomic E-state index is 0.0422. The summed E-state index contributed by atoms with van der Waals surface area (Å²) in [5.41, 5.74) is 5.64. The van der Waals surface area contributed by atoms with Crippen molar-refractivity contribution >= 4 is 46.3 Å². The van der Waals surface area contributed by atoms with E-state index in [-0.39, 0.29) is 18.2 Å². The molecule has 34 heavy (non-hydrogen) atoms. The molecule has 0 spiro atoms. The SMILES string of the molecule is Cc1ccc(/C=N/N=C2\SC(CC(=O)Nc3cc(C)cc(C)c3)C(=O)N2c2ccccc2)cc1. The van der Waals surface area contributed by atoms with E-state index in [2.05, 4.69) is 15.5 Å². The number of amides is 2. The predicted molar refractivity (Wildman–Crippen MR) is 141 cm³/mol. The number of para-hydroxylation sites is 1. The van der Waals surface area contributed by atoms with Crippen molar-refractivity contribution in [2.45, 2.75) is 32.4 Å². The van der Waals surface area contributed by atoms with E-state index in [0.29, 0.717) is 10.9 Å². The average molecular weight is 471 g/mol. The number of carbonyl (C=O) groups excluding carboxylic acids is 2. The van der Waals surface area contributed by atoms with E-state index in [1.54, 1.807) is 6.21 Å². The fraction of sp³-hybridized carbons (Fsp3) is 0.185. The highest BCUT2D eigenvalue weighted by molar-refractivity contribution is 8.16. The largest absolute Gasteiger partial charge is 0.326 e. The molecule has 3 aromatic carbocycles. The highest BCUT2D eigenvalue weighted by Gasteiger charge is 2.40. The summed E-state index contributed by atoms with van der Waals surface area (Å²) in [6.45, 7) is 5.99. The normalized spacial score (nSPS) is 17.0. The number of rotatable bonds is 6. The second-order valence-corrected chi connectivity index (χ2v) is 9.45. The van der Waals surface area contributed by atoms with Gasteiger partial charge in [0.15, 0.2) is 5.17 Å². The van der Waals surface area contributed by atoms with Crippen molar-refractivity contribution in [2.75, 3.05) is 10.2 Å². The first-order valence-electron chi connectivity index (χ1n) is 11.0. The Morgan fingerprint density at radius 1 is 0.971 bits per heavy atom. The minimum atomic E-state index is -0.584. The zero-order valence-corrected chi connectivity index (χ0v) is 20.2. The van der Waals surface area contributed by atoms with E-state index in [0.717, 1.165) is 27.9 Å². The number of anilines is 2. The Hall–Kier alpha value is -3.71. The topological polar surface area (TPSA) is 74.1 Å². The molecular weight excluding hydrogens is 444 g/mol. The molecule has 4 rings (SSSR count). The van der Waals surface area contributed by atoms with Crippen LogP contribution in [-0.4, -0.2) is 28.4 Å². The first kappa shape index (κ1) is 23.4. The van der Waals surface area contributed by atoms with Gasteiger partial charge >= 0.3 is 0 Å². The van der Waals surface area contributed by atoms with Crippen molar-refractivity contribution in [1.82, 2.24) is 0 Å². The molecule has 0 aromatic heterocycles. The van der Waals surface area contributed by atoms with Crippen molar-refractivity contribution in [2.24, 2.45) is 10.2 Å². The lowest BCUT2D eigenvalue weighted by molar-refractivity contribution is -0.121. The highest BCUT2D eigenvalue weighted by atomic mass is 32.2. The lowest BCUT2D eigenvalue weighted by Crippen LogP contribution is -2.33. The van der Waals surface area contributed by atoms with E-state index in [1.165, 1.54) is 16.7 Å². The molecule has 0 bridgehead atoms. The molecule has 1 aliphatic rings. The molecule has 3 aromatic rings. The molecule has 0 saturated carbocycles. The quantitative estimate of drug-likeness (QED) is 0.383. The number of thioether (sulfide) groups is 1. The molecule has 1 heterocycles. The molecule has 7 heteroatoms. The van der Waals surface area contributed by atoms with Crippen LogP contribution in [0.4, 0.5) is 11.4 Å². The van der Waals surface area contributed by atoms with Gasteiger partial charge in [-0.1, -0.05) is 65.9 Å². The lowest BCUT2D eigenvalue weighted by atomic mass is 10.1. The van der Waals surface area contributed by atoms with E-state index < -0.39 is 5.25 Å². The van der Waals surface area contributed by atoms with Crippen LogP contribution in [0.3, 0.4) is 0 Å². The lowest BCUT2D eigenvalue weighted by Gasteiger charge is -2.15. The summed E-state index contributed by atoms with van der Waals surface area (Å²) in [7, 11) is 0. The van der Waals surface area contributed by atoms with Crippen LogP contribution in [0.1, 0.15) is 28.7 Å². The molecule has 1 saturated heterocycles. The van der Waals surface area contributed by atoms with Crippen molar-refractivity contribution < 1.29 is 9.59 Å². The number of nitrogens with one attached hydrogen (secondary N) is 1. The third kappa shape index (κ3) is 5.80. The van der Waals surface area contributed by atoms with Gasteiger partial charge in [-0.15, -0.1) is 5.10 Å². The molecule has 1 N–H and O–H groups in total. The molecule has 6 nitrogen and oxygen atoms in total. The van der Waals surface area contributed by atoms with E-state index in [9.17, 15) is 9.59 Å². The van der Waals surface area contributed by atoms with E-state index >= 15 is 0 Å². The summed E-state index contributed by atoms with van der Waals surface area (Å²) in [5.74, 6) is -0.399. The smallest absolute Gasteiger partial charge is 0.247 e. The molecule has 1 fully saturated rings. The number of hydrogen-bond acceptors (Lipinski definition) is 5. The van der Waals surface area contributed by atoms with Crippen molar-refractivity contribution in [3.05, 3.63) is 95.1 Å². The second kappa shape index (κ2) is 10.5. The van der Waals surface area contributed by atoms with Gasteiger partial charge < -0.3 is 5.32 Å². The summed E-state index contributed by atoms with van der Waals surface area (Å²) in [6, 6.07) is 23.1. The number of aryl methyl sites for hydroxylation is 3. The summed E-state index contributed by atoms with van der Waals surface area (Å²) >= 11 is 1.26. The number of nitrogens with zero attached hydrogens (tertiary/aromatic N) is 3. The fourth-order valence-corrected chi connectivity index (χ4v) is 4.80. The molecule has 2 amide bonds. The van der Waals surface area contributed by atoms with Gasteiger partial charge in [-0.25, -0.2) is 0 Å². The third-order valence-corrected chi connectivity index (χ3v) is 6.38. The number of benzene rings is 3. The van der Waals surface area contributed by atoms with Crippen LogP contribution in [0.25, 0.3) is 0 Å². The van der Waals surface area contributed by atoms with Crippen LogP contribution < -0.4 is 10.2 Å². The number of carbonyl (C=O) groups is 2. The Morgan fingerprint density at radius 2 is 1.65 bits per heavy atom. The summed E-state index contributed by atoms with van der Waals surface area (Å²) in [5, 5.41) is 11.3. The van der Waals surface area contributed by atoms with Crippen LogP contribution in [0.5, 0.6) is 0 Å². The maximum Gasteiger partial charge on any atom is 0.247 e. The molecule has 0 aliphatic carbocycles. The Bertz CT molecular complexity index is 1230. The Labute approximate surface area is 203 Å². The monoisotopic (exact) mass is 470 g/mol. The van der Waals surface area contributed by atoms with Gasteiger partial charge in [-0.3, -0.25) is 14.5 Å². The molecular formula is C27H26N4O2S. The van der Waals surface area contributed by atoms with Crippen LogP contribution >= 0.6 is 11.8 Å².